The molecule has 0 spiro atoms. The van der Waals surface area contributed by atoms with Gasteiger partial charge in [0.2, 0.25) is 0 Å². The van der Waals surface area contributed by atoms with Gasteiger partial charge in [-0.25, -0.2) is 0 Å². The Morgan fingerprint density at radius 3 is 1.94 bits per heavy atom. The number of unbranched alkanes of at least 4 members (excludes halogenated alkanes) is 4. The molecule has 97 valence electrons. The topological polar surface area (TPSA) is 0 Å². The van der Waals surface area contributed by atoms with Crippen LogP contribution in [0.3, 0.4) is 0 Å². The van der Waals surface area contributed by atoms with Gasteiger partial charge in [0, 0.05) is 0 Å². The summed E-state index contributed by atoms with van der Waals surface area (Å²) in [5.41, 5.74) is 0. The van der Waals surface area contributed by atoms with Crippen LogP contribution in [0.25, 0.3) is 0 Å². The molecule has 0 saturated heterocycles. The van der Waals surface area contributed by atoms with Crippen LogP contribution in [-0.4, -0.2) is 0 Å². The molecule has 3 atom stereocenters. The summed E-state index contributed by atoms with van der Waals surface area (Å²) in [5, 5.41) is 0. The Morgan fingerprint density at radius 2 is 1.38 bits per heavy atom. The van der Waals surface area contributed by atoms with E-state index in [9.17, 15) is 0 Å². The lowest BCUT2D eigenvalue weighted by Gasteiger charge is -2.26. The smallest absolute Gasteiger partial charge is 0.0391 e. The first-order valence-electron chi connectivity index (χ1n) is 7.42. The molecule has 1 radical (unpaired) electrons. The number of hydrogen-bond acceptors (Lipinski definition) is 0. The van der Waals surface area contributed by atoms with E-state index in [-0.39, 0.29) is 0 Å². The molecule has 0 N–H and O–H groups in total. The Balaban J connectivity index is 3.58. The molecule has 0 heterocycles. The number of hydrogen-bond donors (Lipinski definition) is 0. The highest BCUT2D eigenvalue weighted by molar-refractivity contribution is 4.69. The van der Waals surface area contributed by atoms with Crippen molar-refractivity contribution in [2.45, 2.75) is 79.1 Å². The lowest BCUT2D eigenvalue weighted by molar-refractivity contribution is 0.250. The van der Waals surface area contributed by atoms with Crippen LogP contribution >= 0.6 is 0 Å². The summed E-state index contributed by atoms with van der Waals surface area (Å²) in [4.78, 5) is 0. The minimum Gasteiger partial charge on any atom is -0.0654 e. The van der Waals surface area contributed by atoms with Gasteiger partial charge in [0.05, 0.1) is 0 Å². The van der Waals surface area contributed by atoms with E-state index in [0.717, 1.165) is 24.2 Å². The zero-order valence-corrected chi connectivity index (χ0v) is 12.1. The lowest BCUT2D eigenvalue weighted by atomic mass is 9.80. The second-order valence-electron chi connectivity index (χ2n) is 5.66. The largest absolute Gasteiger partial charge is 0.0654 e. The van der Waals surface area contributed by atoms with E-state index >= 15 is 0 Å². The summed E-state index contributed by atoms with van der Waals surface area (Å²) in [7, 11) is 0. The molecule has 0 saturated carbocycles. The maximum atomic E-state index is 3.96. The van der Waals surface area contributed by atoms with Crippen LogP contribution in [0.5, 0.6) is 0 Å². The monoisotopic (exact) mass is 225 g/mol. The molecule has 0 aliphatic heterocycles. The third-order valence-corrected chi connectivity index (χ3v) is 4.22. The fourth-order valence-corrected chi connectivity index (χ4v) is 2.48. The van der Waals surface area contributed by atoms with Gasteiger partial charge in [-0.1, -0.05) is 86.0 Å². The first-order valence-corrected chi connectivity index (χ1v) is 7.42. The van der Waals surface area contributed by atoms with Crippen molar-refractivity contribution in [3.05, 3.63) is 6.92 Å². The summed E-state index contributed by atoms with van der Waals surface area (Å²) in [5.74, 6) is 2.61. The van der Waals surface area contributed by atoms with Crippen LogP contribution in [0.15, 0.2) is 0 Å². The number of rotatable bonds is 10. The van der Waals surface area contributed by atoms with Crippen molar-refractivity contribution >= 4 is 0 Å². The van der Waals surface area contributed by atoms with E-state index in [4.69, 9.17) is 0 Å². The molecule has 0 aliphatic carbocycles. The van der Waals surface area contributed by atoms with Gasteiger partial charge in [0.1, 0.15) is 0 Å². The molecule has 0 nitrogen and oxygen atoms in total. The molecule has 0 aromatic heterocycles. The highest BCUT2D eigenvalue weighted by Gasteiger charge is 2.17. The van der Waals surface area contributed by atoms with Crippen LogP contribution < -0.4 is 0 Å². The highest BCUT2D eigenvalue weighted by atomic mass is 14.2. The first kappa shape index (κ1) is 16.0. The lowest BCUT2D eigenvalue weighted by Crippen LogP contribution is -2.16. The molecule has 0 aromatic carbocycles. The minimum absolute atomic E-state index is 0.850. The van der Waals surface area contributed by atoms with Crippen LogP contribution in [0, 0.1) is 24.7 Å². The average Bonchev–Trinajstić information content (AvgIpc) is 2.27. The molecule has 0 fully saturated rings. The van der Waals surface area contributed by atoms with Gasteiger partial charge in [-0.3, -0.25) is 0 Å². The molecule has 0 amide bonds. The van der Waals surface area contributed by atoms with Crippen molar-refractivity contribution in [2.24, 2.45) is 17.8 Å². The second kappa shape index (κ2) is 10.2. The van der Waals surface area contributed by atoms with Crippen molar-refractivity contribution in [3.8, 4) is 0 Å². The Hall–Kier alpha value is 0. The average molecular weight is 225 g/mol. The van der Waals surface area contributed by atoms with Crippen molar-refractivity contribution in [3.63, 3.8) is 0 Å². The fraction of sp³-hybridized carbons (Fsp3) is 0.938. The van der Waals surface area contributed by atoms with Crippen molar-refractivity contribution in [2.75, 3.05) is 0 Å². The fourth-order valence-electron chi connectivity index (χ4n) is 2.48. The van der Waals surface area contributed by atoms with Crippen LogP contribution in [0.2, 0.25) is 0 Å². The maximum absolute atomic E-state index is 3.96. The molecular weight excluding hydrogens is 192 g/mol. The summed E-state index contributed by atoms with van der Waals surface area (Å²) >= 11 is 0. The van der Waals surface area contributed by atoms with Gasteiger partial charge in [0.25, 0.3) is 0 Å². The van der Waals surface area contributed by atoms with Gasteiger partial charge in [-0.15, -0.1) is 0 Å². The highest BCUT2D eigenvalue weighted by Crippen LogP contribution is 2.27. The zero-order valence-electron chi connectivity index (χ0n) is 12.1. The van der Waals surface area contributed by atoms with Gasteiger partial charge < -0.3 is 0 Å². The van der Waals surface area contributed by atoms with Gasteiger partial charge in [-0.2, -0.15) is 0 Å². The predicted molar refractivity (Wildman–Crippen MR) is 75.5 cm³/mol. The molecule has 3 unspecified atom stereocenters. The Morgan fingerprint density at radius 1 is 0.812 bits per heavy atom. The van der Waals surface area contributed by atoms with Gasteiger partial charge in [-0.05, 0) is 17.8 Å². The Labute approximate surface area is 104 Å². The van der Waals surface area contributed by atoms with E-state index in [1.807, 2.05) is 0 Å². The first-order chi connectivity index (χ1) is 7.63. The summed E-state index contributed by atoms with van der Waals surface area (Å²) in [6.07, 6.45) is 10.9. The maximum Gasteiger partial charge on any atom is -0.0391 e. The van der Waals surface area contributed by atoms with E-state index in [1.165, 1.54) is 44.9 Å². The van der Waals surface area contributed by atoms with E-state index in [2.05, 4.69) is 34.6 Å². The summed E-state index contributed by atoms with van der Waals surface area (Å²) in [6.45, 7) is 13.5. The molecule has 0 bridgehead atoms. The Kier molecular flexibility index (Phi) is 10.2. The SMILES string of the molecule is [CH2]CCC(C)C(C)C(C)CCCCCCC. The van der Waals surface area contributed by atoms with Crippen LogP contribution in [0.1, 0.15) is 79.1 Å². The quantitative estimate of drug-likeness (QED) is 0.408. The predicted octanol–water partition coefficient (Wildman–Crippen LogP) is 5.87. The standard InChI is InChI=1S/C16H33/c1-6-8-9-10-11-13-15(4)16(5)14(3)12-7-2/h14-16H,2,6-13H2,1,3-5H3. The van der Waals surface area contributed by atoms with Crippen molar-refractivity contribution in [1.29, 1.82) is 0 Å². The van der Waals surface area contributed by atoms with Gasteiger partial charge in [0.15, 0.2) is 0 Å². The van der Waals surface area contributed by atoms with Crippen molar-refractivity contribution < 1.29 is 0 Å². The summed E-state index contributed by atoms with van der Waals surface area (Å²) < 4.78 is 0. The van der Waals surface area contributed by atoms with Crippen LogP contribution in [0.4, 0.5) is 0 Å². The van der Waals surface area contributed by atoms with E-state index in [1.54, 1.807) is 0 Å². The zero-order chi connectivity index (χ0) is 12.4. The van der Waals surface area contributed by atoms with Gasteiger partial charge >= 0.3 is 0 Å². The molecule has 0 heteroatoms. The van der Waals surface area contributed by atoms with E-state index in [0.29, 0.717) is 0 Å². The van der Waals surface area contributed by atoms with E-state index < -0.39 is 0 Å². The summed E-state index contributed by atoms with van der Waals surface area (Å²) in [6, 6.07) is 0. The second-order valence-corrected chi connectivity index (χ2v) is 5.66. The molecular formula is C16H33. The minimum atomic E-state index is 0.850. The molecule has 0 aliphatic rings. The normalized spacial score (nSPS) is 17.1. The Bertz CT molecular complexity index is 139. The van der Waals surface area contributed by atoms with Crippen molar-refractivity contribution in [1.82, 2.24) is 0 Å². The molecule has 0 rings (SSSR count). The van der Waals surface area contributed by atoms with Crippen LogP contribution in [-0.2, 0) is 0 Å². The molecule has 16 heavy (non-hydrogen) atoms. The molecule has 0 aromatic rings. The third kappa shape index (κ3) is 7.30. The third-order valence-electron chi connectivity index (χ3n) is 4.22.